The number of H-pyrrole nitrogens is 1. The zero-order valence-electron chi connectivity index (χ0n) is 33.7. The topological polar surface area (TPSA) is 306 Å². The van der Waals surface area contributed by atoms with E-state index in [0.29, 0.717) is 16.6 Å². The van der Waals surface area contributed by atoms with Crippen LogP contribution >= 0.6 is 16.1 Å². The Morgan fingerprint density at radius 2 is 1.73 bits per heavy atom. The largest absolute Gasteiger partial charge is 0.475 e. The number of hydrogen-bond acceptors (Lipinski definition) is 17. The molecule has 4 aromatic heterocycles. The number of carbonyl (C=O) groups is 2. The fraction of sp³-hybridized carbons (Fsp3) is 0.459. The summed E-state index contributed by atoms with van der Waals surface area (Å²) in [6.45, 7) is 5.18. The number of phosphoric acid groups is 1. The van der Waals surface area contributed by atoms with Gasteiger partial charge in [-0.2, -0.15) is 10.2 Å². The Hall–Kier alpha value is -5.24. The number of rotatable bonds is 17. The van der Waals surface area contributed by atoms with Crippen molar-refractivity contribution in [3.63, 3.8) is 0 Å². The first-order valence-corrected chi connectivity index (χ1v) is 22.2. The maximum atomic E-state index is 14.6. The van der Waals surface area contributed by atoms with Gasteiger partial charge in [0.25, 0.3) is 11.5 Å². The van der Waals surface area contributed by atoms with Gasteiger partial charge in [0.1, 0.15) is 30.1 Å². The van der Waals surface area contributed by atoms with Crippen LogP contribution in [0.3, 0.4) is 0 Å². The molecule has 0 bridgehead atoms. The van der Waals surface area contributed by atoms with Crippen molar-refractivity contribution in [1.29, 1.82) is 5.26 Å². The van der Waals surface area contributed by atoms with Gasteiger partial charge < -0.3 is 33.9 Å². The molecule has 0 spiro atoms. The number of aliphatic hydroxyl groups excluding tert-OH is 1. The number of nitriles is 1. The molecule has 2 unspecified atom stereocenters. The number of nitrogens with one attached hydrogen (secondary N) is 3. The highest BCUT2D eigenvalue weighted by Crippen LogP contribution is 2.56. The molecule has 23 nitrogen and oxygen atoms in total. The summed E-state index contributed by atoms with van der Waals surface area (Å²) in [5.41, 5.74) is 0.393. The van der Waals surface area contributed by atoms with Crippen molar-refractivity contribution >= 4 is 61.9 Å². The van der Waals surface area contributed by atoms with Gasteiger partial charge in [-0.15, -0.1) is 0 Å². The van der Waals surface area contributed by atoms with Gasteiger partial charge in [0.2, 0.25) is 11.9 Å². The molecule has 7 rings (SSSR count). The third-order valence-corrected chi connectivity index (χ3v) is 12.3. The lowest BCUT2D eigenvalue weighted by Gasteiger charge is -2.28. The monoisotopic (exact) mass is 898 g/mol. The minimum Gasteiger partial charge on any atom is -0.394 e. The first-order valence-electron chi connectivity index (χ1n) is 19.4. The summed E-state index contributed by atoms with van der Waals surface area (Å²) in [5.74, 6) is -2.62. The molecule has 2 aliphatic rings. The lowest BCUT2D eigenvalue weighted by atomic mass is 10.0. The summed E-state index contributed by atoms with van der Waals surface area (Å²) in [6, 6.07) is 12.1. The van der Waals surface area contributed by atoms with Crippen molar-refractivity contribution in [2.45, 2.75) is 71.0 Å². The maximum absolute atomic E-state index is 14.6. The van der Waals surface area contributed by atoms with Crippen LogP contribution in [0.4, 0.5) is 11.8 Å². The van der Waals surface area contributed by atoms with E-state index in [1.807, 2.05) is 6.07 Å². The fourth-order valence-corrected chi connectivity index (χ4v) is 9.17. The van der Waals surface area contributed by atoms with Crippen molar-refractivity contribution in [3.05, 3.63) is 71.2 Å². The number of aromatic amines is 1. The van der Waals surface area contributed by atoms with Crippen molar-refractivity contribution in [2.24, 2.45) is 17.8 Å². The number of fused-ring (bicyclic) bond motifs is 2. The molecule has 0 radical (unpaired) electrons. The molecule has 10 atom stereocenters. The van der Waals surface area contributed by atoms with Crippen LogP contribution in [0.2, 0.25) is 0 Å². The fourth-order valence-electron chi connectivity index (χ4n) is 7.14. The van der Waals surface area contributed by atoms with E-state index in [2.05, 4.69) is 35.6 Å². The number of amides is 2. The molecule has 25 heteroatoms. The normalized spacial score (nSPS) is 25.2. The van der Waals surface area contributed by atoms with E-state index in [4.69, 9.17) is 27.6 Å². The Morgan fingerprint density at radius 3 is 2.44 bits per heavy atom. The van der Waals surface area contributed by atoms with Gasteiger partial charge in [-0.3, -0.25) is 47.4 Å². The first kappa shape index (κ1) is 44.8. The van der Waals surface area contributed by atoms with Crippen LogP contribution in [0, 0.1) is 29.1 Å². The predicted molar refractivity (Wildman–Crippen MR) is 217 cm³/mol. The quantitative estimate of drug-likeness (QED) is 0.0656. The van der Waals surface area contributed by atoms with Gasteiger partial charge in [-0.1, -0.05) is 45.9 Å². The smallest absolute Gasteiger partial charge is 0.394 e. The number of hydrogen-bond donors (Lipinski definition) is 5. The predicted octanol–water partition coefficient (Wildman–Crippen LogP) is 3.68. The van der Waals surface area contributed by atoms with Gasteiger partial charge >= 0.3 is 16.1 Å². The summed E-state index contributed by atoms with van der Waals surface area (Å²) in [4.78, 5) is 68.1. The number of pyridine rings is 1. The maximum Gasteiger partial charge on any atom is 0.475 e. The van der Waals surface area contributed by atoms with Gasteiger partial charge in [-0.25, -0.2) is 19.5 Å². The number of carbonyl (C=O) groups excluding carboxylic acids is 2. The Balaban J connectivity index is 1.15. The number of nitrogens with zero attached hydrogens (tertiary/aromatic N) is 7. The number of phosphoric ester groups is 1. The number of aliphatic hydroxyl groups is 1. The second kappa shape index (κ2) is 19.0. The summed E-state index contributed by atoms with van der Waals surface area (Å²) in [7, 11) is -8.32. The Morgan fingerprint density at radius 1 is 1.00 bits per heavy atom. The number of aromatic nitrogens is 7. The lowest BCUT2D eigenvalue weighted by Crippen LogP contribution is -2.32. The van der Waals surface area contributed by atoms with Crippen LogP contribution in [0.5, 0.6) is 0 Å². The zero-order valence-corrected chi connectivity index (χ0v) is 35.6. The molecular formula is C37H44N10O13P2. The summed E-state index contributed by atoms with van der Waals surface area (Å²) >= 11 is 0. The van der Waals surface area contributed by atoms with Crippen LogP contribution in [-0.4, -0.2) is 100 Å². The van der Waals surface area contributed by atoms with Crippen LogP contribution in [0.25, 0.3) is 22.2 Å². The van der Waals surface area contributed by atoms with E-state index in [1.165, 1.54) is 23.4 Å². The second-order valence-electron chi connectivity index (χ2n) is 14.8. The Bertz CT molecular complexity index is 2600. The van der Waals surface area contributed by atoms with Gasteiger partial charge in [0, 0.05) is 29.5 Å². The average molecular weight is 899 g/mol. The van der Waals surface area contributed by atoms with Crippen molar-refractivity contribution in [1.82, 2.24) is 34.1 Å². The molecule has 5 N–H and O–H groups in total. The van der Waals surface area contributed by atoms with Crippen molar-refractivity contribution < 1.29 is 56.3 Å². The van der Waals surface area contributed by atoms with Gasteiger partial charge in [0.05, 0.1) is 56.6 Å². The number of benzene rings is 1. The van der Waals surface area contributed by atoms with Crippen LogP contribution < -0.4 is 16.2 Å². The van der Waals surface area contributed by atoms with Crippen LogP contribution in [-0.2, 0) is 41.5 Å². The molecular weight excluding hydrogens is 854 g/mol. The molecule has 5 aromatic rings. The average Bonchev–Trinajstić information content (AvgIpc) is 4.02. The van der Waals surface area contributed by atoms with Crippen LogP contribution in [0.15, 0.2) is 60.0 Å². The number of imidazole rings is 2. The summed E-state index contributed by atoms with van der Waals surface area (Å²) < 4.78 is 65.4. The lowest BCUT2D eigenvalue weighted by molar-refractivity contribution is -0.118. The van der Waals surface area contributed by atoms with E-state index in [-0.39, 0.29) is 29.4 Å². The number of anilines is 2. The molecule has 6 heterocycles. The molecule has 0 saturated carbocycles. The minimum atomic E-state index is -4.75. The Kier molecular flexibility index (Phi) is 13.7. The SMILES string of the molecule is CC(C)C(=O)Nc1nc2c(ncn2[C@@H]2O[C@H](CO)[C@@H](C)[C@H]2OP(=O)(OCCC#N)OC[C@H]2O[C@@H](n3cnc4c(NC(=O)c5ccccc5)nccc43)[C@H](C)[C@@H]2O[PH](=O)O)c(=O)[nH]1. The van der Waals surface area contributed by atoms with Crippen molar-refractivity contribution in [3.8, 4) is 6.07 Å². The molecule has 2 fully saturated rings. The highest BCUT2D eigenvalue weighted by atomic mass is 31.2. The highest BCUT2D eigenvalue weighted by molar-refractivity contribution is 7.48. The summed E-state index contributed by atoms with van der Waals surface area (Å²) in [5, 5.41) is 24.8. The standard InChI is InChI=1S/C37H44N10O13P2/c1-19(2)32(49)44-37-43-31-27(34(51)45-37)41-18-47(31)36-29(20(3)24(15-48)57-36)60-62(54,55-14-8-12-38)56-16-25-28(59-61(52)53)21(4)35(58-25)46-17-40-26-23(46)11-13-39-30(26)42-33(50)22-9-6-5-7-10-22/h5-7,9-11,13,17-21,24-25,28-29,35-36,48,61H,8,14-16H2,1-4H3,(H,52,53)(H,39,42,50)(H2,43,44,45,49,51)/t20-,21-,24-,25-,28+,29-,35-,36-,62?/m1/s1. The molecule has 62 heavy (non-hydrogen) atoms. The third-order valence-electron chi connectivity index (χ3n) is 10.4. The third kappa shape index (κ3) is 9.40. The van der Waals surface area contributed by atoms with Gasteiger partial charge in [-0.05, 0) is 18.2 Å². The molecule has 1 aromatic carbocycles. The zero-order chi connectivity index (χ0) is 44.3. The van der Waals surface area contributed by atoms with Crippen molar-refractivity contribution in [2.75, 3.05) is 30.5 Å². The summed E-state index contributed by atoms with van der Waals surface area (Å²) in [6.07, 6.45) is -2.64. The second-order valence-corrected chi connectivity index (χ2v) is 17.2. The van der Waals surface area contributed by atoms with Crippen LogP contribution in [0.1, 0.15) is 56.9 Å². The Labute approximate surface area is 353 Å². The molecule has 330 valence electrons. The molecule has 2 saturated heterocycles. The van der Waals surface area contributed by atoms with E-state index in [0.717, 1.165) is 0 Å². The molecule has 2 aliphatic heterocycles. The van der Waals surface area contributed by atoms with E-state index in [9.17, 15) is 38.8 Å². The van der Waals surface area contributed by atoms with Gasteiger partial charge in [0.15, 0.2) is 23.2 Å². The molecule has 2 amide bonds. The van der Waals surface area contributed by atoms with E-state index in [1.54, 1.807) is 68.7 Å². The number of ether oxygens (including phenoxy) is 2. The first-order chi connectivity index (χ1) is 29.7. The molecule has 0 aliphatic carbocycles. The highest BCUT2D eigenvalue weighted by Gasteiger charge is 2.50. The minimum absolute atomic E-state index is 0.0366. The van der Waals surface area contributed by atoms with E-state index >= 15 is 0 Å². The van der Waals surface area contributed by atoms with E-state index < -0.39 is 108 Å².